The largest absolute Gasteiger partial charge is 0.503 e. The number of carbonyl (C=O) groups excluding carboxylic acids is 2. The maximum Gasteiger partial charge on any atom is 0.290 e. The van der Waals surface area contributed by atoms with Gasteiger partial charge in [0.2, 0.25) is 5.78 Å². The average Bonchev–Trinajstić information content (AvgIpc) is 3.31. The number of pyridine rings is 1. The molecule has 158 valence electrons. The molecule has 1 unspecified atom stereocenters. The summed E-state index contributed by atoms with van der Waals surface area (Å²) < 4.78 is 5.49. The quantitative estimate of drug-likeness (QED) is 0.579. The van der Waals surface area contributed by atoms with Crippen LogP contribution < -0.4 is 0 Å². The van der Waals surface area contributed by atoms with Gasteiger partial charge in [0.25, 0.3) is 5.91 Å². The van der Waals surface area contributed by atoms with Crippen LogP contribution in [0.15, 0.2) is 76.7 Å². The molecule has 3 aromatic rings. The molecule has 1 amide bonds. The Morgan fingerprint density at radius 3 is 2.48 bits per heavy atom. The summed E-state index contributed by atoms with van der Waals surface area (Å²) in [6, 6.07) is 13.9. The van der Waals surface area contributed by atoms with Crippen LogP contribution in [0, 0.1) is 6.92 Å². The van der Waals surface area contributed by atoms with E-state index in [2.05, 4.69) is 18.8 Å². The van der Waals surface area contributed by atoms with Gasteiger partial charge in [-0.15, -0.1) is 0 Å². The van der Waals surface area contributed by atoms with Crippen molar-refractivity contribution in [2.75, 3.05) is 0 Å². The van der Waals surface area contributed by atoms with Gasteiger partial charge in [-0.1, -0.05) is 44.2 Å². The Labute approximate surface area is 180 Å². The molecular weight excluding hydrogens is 392 g/mol. The fourth-order valence-corrected chi connectivity index (χ4v) is 3.84. The summed E-state index contributed by atoms with van der Waals surface area (Å²) in [6.45, 7) is 6.15. The Kier molecular flexibility index (Phi) is 5.46. The molecule has 0 spiro atoms. The summed E-state index contributed by atoms with van der Waals surface area (Å²) in [5.41, 5.74) is 2.72. The van der Waals surface area contributed by atoms with E-state index in [9.17, 15) is 14.7 Å². The molecule has 6 nitrogen and oxygen atoms in total. The van der Waals surface area contributed by atoms with Gasteiger partial charge in [0, 0.05) is 18.9 Å². The van der Waals surface area contributed by atoms with Crippen molar-refractivity contribution < 1.29 is 19.1 Å². The maximum absolute atomic E-state index is 13.3. The van der Waals surface area contributed by atoms with E-state index in [0.29, 0.717) is 11.7 Å². The van der Waals surface area contributed by atoms with E-state index in [0.717, 1.165) is 16.7 Å². The molecule has 0 fully saturated rings. The Balaban J connectivity index is 1.79. The molecule has 6 heteroatoms. The van der Waals surface area contributed by atoms with Crippen molar-refractivity contribution in [2.24, 2.45) is 0 Å². The molecule has 0 aliphatic carbocycles. The molecule has 1 aliphatic heterocycles. The topological polar surface area (TPSA) is 83.6 Å². The van der Waals surface area contributed by atoms with Crippen LogP contribution in [0.3, 0.4) is 0 Å². The highest BCUT2D eigenvalue weighted by molar-refractivity contribution is 6.15. The lowest BCUT2D eigenvalue weighted by molar-refractivity contribution is -0.130. The number of aliphatic hydroxyl groups is 1. The van der Waals surface area contributed by atoms with E-state index < -0.39 is 23.5 Å². The summed E-state index contributed by atoms with van der Waals surface area (Å²) in [6.07, 6.45) is 3.32. The molecule has 4 rings (SSSR count). The van der Waals surface area contributed by atoms with Gasteiger partial charge < -0.3 is 14.4 Å². The van der Waals surface area contributed by atoms with Gasteiger partial charge in [0.15, 0.2) is 11.5 Å². The zero-order valence-electron chi connectivity index (χ0n) is 17.7. The van der Waals surface area contributed by atoms with Crippen LogP contribution in [0.25, 0.3) is 0 Å². The lowest BCUT2D eigenvalue weighted by atomic mass is 9.93. The van der Waals surface area contributed by atoms with Gasteiger partial charge in [-0.2, -0.15) is 0 Å². The predicted molar refractivity (Wildman–Crippen MR) is 115 cm³/mol. The van der Waals surface area contributed by atoms with Gasteiger partial charge in [-0.3, -0.25) is 14.6 Å². The summed E-state index contributed by atoms with van der Waals surface area (Å²) in [7, 11) is 0. The van der Waals surface area contributed by atoms with E-state index in [1.54, 1.807) is 37.5 Å². The monoisotopic (exact) mass is 416 g/mol. The van der Waals surface area contributed by atoms with Crippen LogP contribution in [-0.4, -0.2) is 26.7 Å². The number of Topliss-reactive ketones (excluding diaryl/α,β-unsaturated/α-hetero) is 1. The molecule has 1 atom stereocenters. The smallest absolute Gasteiger partial charge is 0.290 e. The number of hydrogen-bond donors (Lipinski definition) is 1. The van der Waals surface area contributed by atoms with Crippen LogP contribution in [0.5, 0.6) is 0 Å². The third-order valence-corrected chi connectivity index (χ3v) is 5.51. The second-order valence-electron chi connectivity index (χ2n) is 8.02. The minimum atomic E-state index is -0.730. The van der Waals surface area contributed by atoms with Crippen LogP contribution >= 0.6 is 0 Å². The number of rotatable bonds is 6. The fourth-order valence-electron chi connectivity index (χ4n) is 3.84. The number of hydrogen-bond acceptors (Lipinski definition) is 5. The Bertz CT molecular complexity index is 1140. The second kappa shape index (κ2) is 8.22. The van der Waals surface area contributed by atoms with E-state index in [1.165, 1.54) is 4.90 Å². The molecule has 2 aromatic heterocycles. The van der Waals surface area contributed by atoms with E-state index >= 15 is 0 Å². The van der Waals surface area contributed by atoms with E-state index in [4.69, 9.17) is 4.42 Å². The Morgan fingerprint density at radius 2 is 1.90 bits per heavy atom. The number of aryl methyl sites for hydroxylation is 1. The summed E-state index contributed by atoms with van der Waals surface area (Å²) in [5, 5.41) is 10.7. The molecule has 0 radical (unpaired) electrons. The molecule has 1 aliphatic rings. The summed E-state index contributed by atoms with van der Waals surface area (Å²) in [4.78, 5) is 31.9. The van der Waals surface area contributed by atoms with Crippen molar-refractivity contribution in [3.8, 4) is 0 Å². The lowest BCUT2D eigenvalue weighted by Gasteiger charge is -2.27. The highest BCUT2D eigenvalue weighted by atomic mass is 16.3. The molecule has 0 saturated carbocycles. The Morgan fingerprint density at radius 1 is 1.16 bits per heavy atom. The Hall–Kier alpha value is -3.67. The number of aromatic nitrogens is 1. The van der Waals surface area contributed by atoms with Gasteiger partial charge in [-0.05, 0) is 47.7 Å². The zero-order valence-corrected chi connectivity index (χ0v) is 17.7. The number of ketones is 1. The molecule has 3 heterocycles. The zero-order chi connectivity index (χ0) is 22.1. The number of carbonyl (C=O) groups is 2. The third kappa shape index (κ3) is 3.89. The van der Waals surface area contributed by atoms with Crippen LogP contribution in [0.1, 0.15) is 58.8 Å². The summed E-state index contributed by atoms with van der Waals surface area (Å²) >= 11 is 0. The first-order valence-corrected chi connectivity index (χ1v) is 10.2. The molecule has 1 N–H and O–H groups in total. The van der Waals surface area contributed by atoms with Crippen LogP contribution in [0.2, 0.25) is 0 Å². The molecular formula is C25H24N2O4. The third-order valence-electron chi connectivity index (χ3n) is 5.51. The van der Waals surface area contributed by atoms with Gasteiger partial charge in [-0.25, -0.2) is 0 Å². The van der Waals surface area contributed by atoms with Crippen LogP contribution in [0.4, 0.5) is 0 Å². The number of amides is 1. The van der Waals surface area contributed by atoms with Crippen molar-refractivity contribution >= 4 is 11.7 Å². The van der Waals surface area contributed by atoms with Gasteiger partial charge >= 0.3 is 0 Å². The number of nitrogens with zero attached hydrogens (tertiary/aromatic N) is 2. The van der Waals surface area contributed by atoms with E-state index in [1.807, 2.05) is 30.3 Å². The fraction of sp³-hybridized carbons (Fsp3) is 0.240. The lowest BCUT2D eigenvalue weighted by Crippen LogP contribution is -2.30. The molecule has 0 saturated heterocycles. The van der Waals surface area contributed by atoms with E-state index in [-0.39, 0.29) is 17.9 Å². The summed E-state index contributed by atoms with van der Waals surface area (Å²) in [5.74, 6) is -0.599. The first-order valence-electron chi connectivity index (χ1n) is 10.2. The molecule has 31 heavy (non-hydrogen) atoms. The highest BCUT2D eigenvalue weighted by Gasteiger charge is 2.44. The predicted octanol–water partition coefficient (Wildman–Crippen LogP) is 4.88. The molecule has 0 bridgehead atoms. The normalized spacial score (nSPS) is 16.5. The number of aliphatic hydroxyl groups excluding tert-OH is 1. The van der Waals surface area contributed by atoms with Crippen LogP contribution in [-0.2, 0) is 11.3 Å². The first kappa shape index (κ1) is 20.6. The minimum Gasteiger partial charge on any atom is -0.503 e. The van der Waals surface area contributed by atoms with Crippen molar-refractivity contribution in [1.82, 2.24) is 9.88 Å². The number of furan rings is 1. The van der Waals surface area contributed by atoms with Crippen molar-refractivity contribution in [3.05, 3.63) is 100 Å². The highest BCUT2D eigenvalue weighted by Crippen LogP contribution is 2.40. The van der Waals surface area contributed by atoms with Crippen molar-refractivity contribution in [2.45, 2.75) is 39.3 Å². The SMILES string of the molecule is Cc1ccc(C(=O)C2=C(O)C(=O)N(Cc3cccnc3)C2c2ccc(C(C)C)cc2)o1. The average molecular weight is 416 g/mol. The minimum absolute atomic E-state index is 0.0283. The van der Waals surface area contributed by atoms with Crippen molar-refractivity contribution in [3.63, 3.8) is 0 Å². The first-order chi connectivity index (χ1) is 14.9. The molecule has 1 aromatic carbocycles. The van der Waals surface area contributed by atoms with Crippen molar-refractivity contribution in [1.29, 1.82) is 0 Å². The second-order valence-corrected chi connectivity index (χ2v) is 8.02. The number of benzene rings is 1. The standard InChI is InChI=1S/C25H24N2O4/c1-15(2)18-7-9-19(10-8-18)22-21(23(28)20-11-6-16(3)31-20)24(29)25(30)27(22)14-17-5-4-12-26-13-17/h4-13,15,22,29H,14H2,1-3H3. The van der Waals surface area contributed by atoms with Gasteiger partial charge in [0.1, 0.15) is 5.76 Å². The maximum atomic E-state index is 13.3. The van der Waals surface area contributed by atoms with Gasteiger partial charge in [0.05, 0.1) is 11.6 Å².